The Morgan fingerprint density at radius 1 is 1.23 bits per heavy atom. The van der Waals surface area contributed by atoms with Crippen LogP contribution in [0.25, 0.3) is 0 Å². The second kappa shape index (κ2) is 8.77. The second-order valence-electron chi connectivity index (χ2n) is 5.11. The zero-order valence-corrected chi connectivity index (χ0v) is 15.5. The van der Waals surface area contributed by atoms with Gasteiger partial charge in [0, 0.05) is 11.6 Å². The van der Waals surface area contributed by atoms with Gasteiger partial charge < -0.3 is 9.47 Å². The summed E-state index contributed by atoms with van der Waals surface area (Å²) in [7, 11) is 0. The number of benzene rings is 1. The van der Waals surface area contributed by atoms with Crippen molar-refractivity contribution < 1.29 is 18.7 Å². The standard InChI is InChI=1S/C18H15FN2O3S2/c1-25-17-15(3-2-8-20-17)18(22)24-9-13-11-26-16(21-13)10-23-14-6-4-12(19)5-7-14/h2-8,11H,9-10H2,1H3. The molecule has 0 fully saturated rings. The van der Waals surface area contributed by atoms with Gasteiger partial charge in [0.25, 0.3) is 0 Å². The van der Waals surface area contributed by atoms with E-state index in [0.29, 0.717) is 22.0 Å². The molecule has 3 aromatic rings. The molecule has 2 aromatic heterocycles. The average Bonchev–Trinajstić information content (AvgIpc) is 3.13. The molecule has 5 nitrogen and oxygen atoms in total. The van der Waals surface area contributed by atoms with Gasteiger partial charge in [-0.1, -0.05) is 0 Å². The van der Waals surface area contributed by atoms with Gasteiger partial charge in [0.2, 0.25) is 0 Å². The third kappa shape index (κ3) is 4.80. The summed E-state index contributed by atoms with van der Waals surface area (Å²) < 4.78 is 23.7. The maximum absolute atomic E-state index is 12.9. The van der Waals surface area contributed by atoms with E-state index >= 15 is 0 Å². The Hall–Kier alpha value is -2.45. The van der Waals surface area contributed by atoms with Crippen LogP contribution in [0, 0.1) is 5.82 Å². The number of rotatable bonds is 7. The first-order valence-electron chi connectivity index (χ1n) is 7.63. The Kier molecular flexibility index (Phi) is 6.19. The minimum atomic E-state index is -0.431. The van der Waals surface area contributed by atoms with Crippen LogP contribution >= 0.6 is 23.1 Å². The predicted molar refractivity (Wildman–Crippen MR) is 98.0 cm³/mol. The quantitative estimate of drug-likeness (QED) is 0.442. The second-order valence-corrected chi connectivity index (χ2v) is 6.85. The molecular formula is C18H15FN2O3S2. The molecule has 0 spiro atoms. The van der Waals surface area contributed by atoms with Crippen LogP contribution in [0.2, 0.25) is 0 Å². The lowest BCUT2D eigenvalue weighted by molar-refractivity contribution is 0.0463. The fourth-order valence-electron chi connectivity index (χ4n) is 2.08. The van der Waals surface area contributed by atoms with Gasteiger partial charge in [-0.3, -0.25) is 0 Å². The predicted octanol–water partition coefficient (Wildman–Crippen LogP) is 4.34. The molecular weight excluding hydrogens is 375 g/mol. The third-order valence-electron chi connectivity index (χ3n) is 3.31. The van der Waals surface area contributed by atoms with E-state index < -0.39 is 5.97 Å². The maximum Gasteiger partial charge on any atom is 0.341 e. The van der Waals surface area contributed by atoms with Crippen LogP contribution in [0.5, 0.6) is 5.75 Å². The largest absolute Gasteiger partial charge is 0.486 e. The minimum absolute atomic E-state index is 0.0780. The van der Waals surface area contributed by atoms with Crippen molar-refractivity contribution in [3.8, 4) is 5.75 Å². The first-order chi connectivity index (χ1) is 12.7. The fraction of sp³-hybridized carbons (Fsp3) is 0.167. The molecule has 0 unspecified atom stereocenters. The number of thioether (sulfide) groups is 1. The van der Waals surface area contributed by atoms with Crippen LogP contribution in [0.1, 0.15) is 21.1 Å². The molecule has 0 radical (unpaired) electrons. The Morgan fingerprint density at radius 2 is 2.04 bits per heavy atom. The van der Waals surface area contributed by atoms with Gasteiger partial charge in [-0.05, 0) is 42.7 Å². The lowest BCUT2D eigenvalue weighted by Crippen LogP contribution is -2.07. The average molecular weight is 390 g/mol. The Balaban J connectivity index is 1.53. The van der Waals surface area contributed by atoms with E-state index in [2.05, 4.69) is 9.97 Å². The number of pyridine rings is 1. The topological polar surface area (TPSA) is 61.3 Å². The molecule has 26 heavy (non-hydrogen) atoms. The van der Waals surface area contributed by atoms with Gasteiger partial charge in [-0.2, -0.15) is 0 Å². The number of aromatic nitrogens is 2. The molecule has 0 bridgehead atoms. The van der Waals surface area contributed by atoms with Crippen LogP contribution in [0.3, 0.4) is 0 Å². The molecule has 0 amide bonds. The summed E-state index contributed by atoms with van der Waals surface area (Å²) in [6.07, 6.45) is 3.49. The smallest absolute Gasteiger partial charge is 0.341 e. The van der Waals surface area contributed by atoms with Crippen LogP contribution < -0.4 is 4.74 Å². The number of ether oxygens (including phenoxy) is 2. The van der Waals surface area contributed by atoms with Gasteiger partial charge in [0.1, 0.15) is 34.8 Å². The highest BCUT2D eigenvalue weighted by Gasteiger charge is 2.14. The summed E-state index contributed by atoms with van der Waals surface area (Å²) in [5.74, 6) is -0.177. The van der Waals surface area contributed by atoms with Crippen molar-refractivity contribution in [1.82, 2.24) is 9.97 Å². The highest BCUT2D eigenvalue weighted by Crippen LogP contribution is 2.19. The zero-order valence-electron chi connectivity index (χ0n) is 13.8. The van der Waals surface area contributed by atoms with Crippen LogP contribution in [-0.2, 0) is 18.0 Å². The summed E-state index contributed by atoms with van der Waals surface area (Å²) in [5, 5.41) is 3.19. The van der Waals surface area contributed by atoms with Gasteiger partial charge in [-0.25, -0.2) is 19.2 Å². The van der Waals surface area contributed by atoms with E-state index in [0.717, 1.165) is 5.01 Å². The Labute approximate surface area is 158 Å². The van der Waals surface area contributed by atoms with Crippen molar-refractivity contribution >= 4 is 29.1 Å². The van der Waals surface area contributed by atoms with Crippen LogP contribution in [-0.4, -0.2) is 22.2 Å². The van der Waals surface area contributed by atoms with E-state index in [1.54, 1.807) is 30.5 Å². The monoisotopic (exact) mass is 390 g/mol. The minimum Gasteiger partial charge on any atom is -0.486 e. The first-order valence-corrected chi connectivity index (χ1v) is 9.74. The zero-order chi connectivity index (χ0) is 18.4. The van der Waals surface area contributed by atoms with E-state index in [4.69, 9.17) is 9.47 Å². The van der Waals surface area contributed by atoms with Crippen molar-refractivity contribution in [1.29, 1.82) is 0 Å². The van der Waals surface area contributed by atoms with Crippen LogP contribution in [0.15, 0.2) is 53.0 Å². The fourth-order valence-corrected chi connectivity index (χ4v) is 3.31. The van der Waals surface area contributed by atoms with Gasteiger partial charge in [0.15, 0.2) is 0 Å². The van der Waals surface area contributed by atoms with Crippen LogP contribution in [0.4, 0.5) is 4.39 Å². The first kappa shape index (κ1) is 18.3. The molecule has 3 rings (SSSR count). The van der Waals surface area contributed by atoms with Gasteiger partial charge in [0.05, 0.1) is 11.3 Å². The summed E-state index contributed by atoms with van der Waals surface area (Å²) in [6.45, 7) is 0.345. The molecule has 8 heteroatoms. The van der Waals surface area contributed by atoms with Crippen molar-refractivity contribution in [2.24, 2.45) is 0 Å². The highest BCUT2D eigenvalue weighted by atomic mass is 32.2. The molecule has 1 aromatic carbocycles. The molecule has 134 valence electrons. The van der Waals surface area contributed by atoms with E-state index in [-0.39, 0.29) is 19.0 Å². The van der Waals surface area contributed by atoms with Crippen molar-refractivity contribution in [2.75, 3.05) is 6.26 Å². The summed E-state index contributed by atoms with van der Waals surface area (Å²) in [6, 6.07) is 9.17. The molecule has 2 heterocycles. The van der Waals surface area contributed by atoms with E-state index in [1.807, 2.05) is 11.6 Å². The number of esters is 1. The summed E-state index contributed by atoms with van der Waals surface area (Å²) >= 11 is 2.80. The normalized spacial score (nSPS) is 10.5. The Morgan fingerprint density at radius 3 is 2.81 bits per heavy atom. The molecule has 0 aliphatic heterocycles. The molecule has 0 aliphatic carbocycles. The van der Waals surface area contributed by atoms with Crippen molar-refractivity contribution in [3.63, 3.8) is 0 Å². The van der Waals surface area contributed by atoms with Gasteiger partial charge >= 0.3 is 5.97 Å². The molecule has 0 aliphatic rings. The van der Waals surface area contributed by atoms with Gasteiger partial charge in [-0.15, -0.1) is 23.1 Å². The number of nitrogens with zero attached hydrogens (tertiary/aromatic N) is 2. The maximum atomic E-state index is 12.9. The van der Waals surface area contributed by atoms with E-state index in [9.17, 15) is 9.18 Å². The van der Waals surface area contributed by atoms with Crippen molar-refractivity contribution in [3.05, 3.63) is 70.1 Å². The number of carbonyl (C=O) groups is 1. The highest BCUT2D eigenvalue weighted by molar-refractivity contribution is 7.98. The summed E-state index contributed by atoms with van der Waals surface area (Å²) in [4.78, 5) is 20.7. The number of thiazole rings is 1. The molecule has 0 saturated carbocycles. The lowest BCUT2D eigenvalue weighted by atomic mass is 10.3. The summed E-state index contributed by atoms with van der Waals surface area (Å²) in [5.41, 5.74) is 1.09. The Bertz CT molecular complexity index is 884. The number of hydrogen-bond acceptors (Lipinski definition) is 7. The number of halogens is 1. The molecule has 0 atom stereocenters. The third-order valence-corrected chi connectivity index (χ3v) is 4.89. The SMILES string of the molecule is CSc1ncccc1C(=O)OCc1csc(COc2ccc(F)cc2)n1. The van der Waals surface area contributed by atoms with Crippen molar-refractivity contribution in [2.45, 2.75) is 18.2 Å². The lowest BCUT2D eigenvalue weighted by Gasteiger charge is -2.06. The van der Waals surface area contributed by atoms with E-state index in [1.165, 1.54) is 35.2 Å². The number of carbonyl (C=O) groups excluding carboxylic acids is 1. The molecule has 0 N–H and O–H groups in total. The number of hydrogen-bond donors (Lipinski definition) is 0. The molecule has 0 saturated heterocycles.